The Morgan fingerprint density at radius 2 is 2.11 bits per heavy atom. The minimum Gasteiger partial charge on any atom is -0.444 e. The van der Waals surface area contributed by atoms with Gasteiger partial charge in [-0.3, -0.25) is 0 Å². The molecule has 0 bridgehead atoms. The molecule has 0 aromatic heterocycles. The quantitative estimate of drug-likeness (QED) is 0.849. The average molecular weight is 263 g/mol. The van der Waals surface area contributed by atoms with E-state index in [0.717, 1.165) is 17.4 Å². The minimum atomic E-state index is -0.553. The summed E-state index contributed by atoms with van der Waals surface area (Å²) in [4.78, 5) is 22.5. The van der Waals surface area contributed by atoms with Crippen LogP contribution < -0.4 is 5.32 Å². The molecule has 19 heavy (non-hydrogen) atoms. The molecule has 1 aromatic carbocycles. The number of nitrogens with one attached hydrogen (secondary N) is 1. The normalized spacial score (nSPS) is 12.6. The number of benzene rings is 1. The van der Waals surface area contributed by atoms with Gasteiger partial charge in [0.25, 0.3) is 0 Å². The number of hydrogen-bond donors (Lipinski definition) is 1. The fraction of sp³-hybridized carbons (Fsp3) is 0.467. The molecular weight excluding hydrogens is 242 g/mol. The van der Waals surface area contributed by atoms with Crippen molar-refractivity contribution >= 4 is 12.4 Å². The second-order valence-corrected chi connectivity index (χ2v) is 5.52. The molecule has 0 aliphatic carbocycles. The molecule has 1 aromatic rings. The summed E-state index contributed by atoms with van der Waals surface area (Å²) in [6.45, 7) is 7.37. The van der Waals surface area contributed by atoms with Crippen LogP contribution in [0.25, 0.3) is 0 Å². The third-order valence-corrected chi connectivity index (χ3v) is 2.47. The van der Waals surface area contributed by atoms with E-state index in [1.165, 1.54) is 0 Å². The van der Waals surface area contributed by atoms with Gasteiger partial charge in [0.05, 0.1) is 6.04 Å². The van der Waals surface area contributed by atoms with E-state index in [4.69, 9.17) is 4.74 Å². The zero-order valence-corrected chi connectivity index (χ0v) is 11.9. The van der Waals surface area contributed by atoms with Crippen molar-refractivity contribution in [3.05, 3.63) is 35.4 Å². The Bertz CT molecular complexity index is 449. The Hall–Kier alpha value is -1.84. The van der Waals surface area contributed by atoms with Gasteiger partial charge in [-0.1, -0.05) is 29.8 Å². The highest BCUT2D eigenvalue weighted by Gasteiger charge is 2.20. The van der Waals surface area contributed by atoms with Crippen LogP contribution in [0.5, 0.6) is 0 Å². The predicted octanol–water partition coefficient (Wildman–Crippen LogP) is 3.15. The maximum absolute atomic E-state index is 11.8. The van der Waals surface area contributed by atoms with Crippen molar-refractivity contribution < 1.29 is 14.3 Å². The summed E-state index contributed by atoms with van der Waals surface area (Å²) in [5.74, 6) is 0. The molecule has 4 heteroatoms. The van der Waals surface area contributed by atoms with Gasteiger partial charge < -0.3 is 14.8 Å². The second-order valence-electron chi connectivity index (χ2n) is 5.52. The summed E-state index contributed by atoms with van der Waals surface area (Å²) in [6.07, 6.45) is 0.508. The van der Waals surface area contributed by atoms with Gasteiger partial charge in [0.1, 0.15) is 11.9 Å². The maximum Gasteiger partial charge on any atom is 0.408 e. The summed E-state index contributed by atoms with van der Waals surface area (Å²) in [6, 6.07) is 7.35. The summed E-state index contributed by atoms with van der Waals surface area (Å²) in [5, 5.41) is 2.73. The van der Waals surface area contributed by atoms with Crippen molar-refractivity contribution in [2.24, 2.45) is 0 Å². The number of aldehydes is 1. The van der Waals surface area contributed by atoms with Crippen LogP contribution in [0.1, 0.15) is 44.4 Å². The lowest BCUT2D eigenvalue weighted by atomic mass is 10.0. The van der Waals surface area contributed by atoms with E-state index in [-0.39, 0.29) is 12.5 Å². The highest BCUT2D eigenvalue weighted by atomic mass is 16.6. The van der Waals surface area contributed by atoms with Crippen LogP contribution in [0.4, 0.5) is 4.79 Å². The first-order valence-electron chi connectivity index (χ1n) is 6.31. The van der Waals surface area contributed by atoms with Crippen LogP contribution in [0.3, 0.4) is 0 Å². The molecule has 0 aliphatic rings. The number of rotatable bonds is 4. The Kier molecular flexibility index (Phi) is 5.10. The number of alkyl carbamates (subject to hydrolysis) is 1. The summed E-state index contributed by atoms with van der Waals surface area (Å²) >= 11 is 0. The Morgan fingerprint density at radius 3 is 2.63 bits per heavy atom. The van der Waals surface area contributed by atoms with Crippen molar-refractivity contribution in [2.75, 3.05) is 0 Å². The van der Waals surface area contributed by atoms with Crippen LogP contribution in [0.15, 0.2) is 24.3 Å². The van der Waals surface area contributed by atoms with Crippen LogP contribution in [0, 0.1) is 6.92 Å². The number of carbonyl (C=O) groups excluding carboxylic acids is 2. The third kappa shape index (κ3) is 5.55. The molecule has 0 heterocycles. The first-order valence-corrected chi connectivity index (χ1v) is 6.31. The Morgan fingerprint density at radius 1 is 1.42 bits per heavy atom. The Labute approximate surface area is 114 Å². The molecule has 1 N–H and O–H groups in total. The van der Waals surface area contributed by atoms with Crippen molar-refractivity contribution in [2.45, 2.75) is 45.8 Å². The molecule has 0 spiro atoms. The molecule has 1 amide bonds. The van der Waals surface area contributed by atoms with Crippen molar-refractivity contribution in [1.82, 2.24) is 5.32 Å². The van der Waals surface area contributed by atoms with E-state index < -0.39 is 11.7 Å². The number of carbonyl (C=O) groups is 2. The van der Waals surface area contributed by atoms with E-state index in [9.17, 15) is 9.59 Å². The molecule has 0 saturated heterocycles. The molecule has 0 fully saturated rings. The van der Waals surface area contributed by atoms with Gasteiger partial charge in [-0.2, -0.15) is 0 Å². The van der Waals surface area contributed by atoms with Crippen LogP contribution >= 0.6 is 0 Å². The highest BCUT2D eigenvalue weighted by molar-refractivity contribution is 5.69. The minimum absolute atomic E-state index is 0.225. The van der Waals surface area contributed by atoms with E-state index >= 15 is 0 Å². The monoisotopic (exact) mass is 263 g/mol. The lowest BCUT2D eigenvalue weighted by Gasteiger charge is -2.23. The summed E-state index contributed by atoms with van der Waals surface area (Å²) < 4.78 is 5.20. The first-order chi connectivity index (χ1) is 8.81. The molecule has 1 unspecified atom stereocenters. The van der Waals surface area contributed by atoms with E-state index in [0.29, 0.717) is 0 Å². The van der Waals surface area contributed by atoms with Gasteiger partial charge in [-0.25, -0.2) is 4.79 Å². The first kappa shape index (κ1) is 15.2. The van der Waals surface area contributed by atoms with E-state index in [1.807, 2.05) is 31.2 Å². The second kappa shape index (κ2) is 6.36. The van der Waals surface area contributed by atoms with Gasteiger partial charge in [0, 0.05) is 6.42 Å². The smallest absolute Gasteiger partial charge is 0.408 e. The van der Waals surface area contributed by atoms with Crippen LogP contribution in [-0.2, 0) is 9.53 Å². The summed E-state index contributed by atoms with van der Waals surface area (Å²) in [7, 11) is 0. The van der Waals surface area contributed by atoms with Gasteiger partial charge in [-0.05, 0) is 33.3 Å². The Balaban J connectivity index is 2.78. The molecule has 0 saturated carbocycles. The number of aryl methyl sites for hydroxylation is 1. The lowest BCUT2D eigenvalue weighted by molar-refractivity contribution is -0.108. The lowest BCUT2D eigenvalue weighted by Crippen LogP contribution is -2.35. The van der Waals surface area contributed by atoms with Crippen LogP contribution in [0.2, 0.25) is 0 Å². The topological polar surface area (TPSA) is 55.4 Å². The molecule has 0 radical (unpaired) electrons. The standard InChI is InChI=1S/C15H21NO3/c1-11-6-5-7-12(10-11)13(8-9-17)16-14(18)19-15(2,3)4/h5-7,9-10,13H,8H2,1-4H3,(H,16,18). The van der Waals surface area contributed by atoms with Crippen molar-refractivity contribution in [1.29, 1.82) is 0 Å². The molecule has 0 aliphatic heterocycles. The van der Waals surface area contributed by atoms with Gasteiger partial charge in [0.2, 0.25) is 0 Å². The van der Waals surface area contributed by atoms with Crippen molar-refractivity contribution in [3.8, 4) is 0 Å². The number of hydrogen-bond acceptors (Lipinski definition) is 3. The SMILES string of the molecule is Cc1cccc(C(CC=O)NC(=O)OC(C)(C)C)c1. The maximum atomic E-state index is 11.8. The fourth-order valence-electron chi connectivity index (χ4n) is 1.71. The highest BCUT2D eigenvalue weighted by Crippen LogP contribution is 2.18. The molecular formula is C15H21NO3. The number of ether oxygens (including phenoxy) is 1. The predicted molar refractivity (Wildman–Crippen MR) is 74.0 cm³/mol. The van der Waals surface area contributed by atoms with Gasteiger partial charge >= 0.3 is 6.09 Å². The summed E-state index contributed by atoms with van der Waals surface area (Å²) in [5.41, 5.74) is 1.43. The third-order valence-electron chi connectivity index (χ3n) is 2.47. The fourth-order valence-corrected chi connectivity index (χ4v) is 1.71. The molecule has 1 rings (SSSR count). The van der Waals surface area contributed by atoms with E-state index in [2.05, 4.69) is 5.32 Å². The molecule has 4 nitrogen and oxygen atoms in total. The average Bonchev–Trinajstić information content (AvgIpc) is 2.26. The van der Waals surface area contributed by atoms with Gasteiger partial charge in [-0.15, -0.1) is 0 Å². The zero-order chi connectivity index (χ0) is 14.5. The zero-order valence-electron chi connectivity index (χ0n) is 11.9. The number of amides is 1. The largest absolute Gasteiger partial charge is 0.444 e. The van der Waals surface area contributed by atoms with Crippen LogP contribution in [-0.4, -0.2) is 18.0 Å². The van der Waals surface area contributed by atoms with Gasteiger partial charge in [0.15, 0.2) is 0 Å². The molecule has 1 atom stereocenters. The van der Waals surface area contributed by atoms with E-state index in [1.54, 1.807) is 20.8 Å². The molecule has 104 valence electrons. The van der Waals surface area contributed by atoms with Crippen molar-refractivity contribution in [3.63, 3.8) is 0 Å².